The lowest BCUT2D eigenvalue weighted by Gasteiger charge is -2.36. The van der Waals surface area contributed by atoms with Crippen LogP contribution < -0.4 is 4.90 Å². The minimum Gasteiger partial charge on any atom is -0.452 e. The summed E-state index contributed by atoms with van der Waals surface area (Å²) in [5.41, 5.74) is 5.78. The molecule has 0 saturated carbocycles. The fourth-order valence-electron chi connectivity index (χ4n) is 6.33. The topological polar surface area (TPSA) is 59.5 Å². The predicted molar refractivity (Wildman–Crippen MR) is 185 cm³/mol. The van der Waals surface area contributed by atoms with Gasteiger partial charge in [0.05, 0.1) is 22.5 Å². The quantitative estimate of drug-likeness (QED) is 0.178. The van der Waals surface area contributed by atoms with Gasteiger partial charge in [0.25, 0.3) is 5.91 Å². The Kier molecular flexibility index (Phi) is 8.48. The van der Waals surface area contributed by atoms with E-state index in [-0.39, 0.29) is 23.8 Å². The zero-order valence-corrected chi connectivity index (χ0v) is 26.9. The Morgan fingerprint density at radius 2 is 1.60 bits per heavy atom. The number of likely N-dealkylation sites (N-methyl/N-ethyl adjacent to an activating group) is 1. The molecule has 1 aliphatic rings. The van der Waals surface area contributed by atoms with Crippen LogP contribution in [0.2, 0.25) is 5.02 Å². The number of carbonyl (C=O) groups is 2. The lowest BCUT2D eigenvalue weighted by molar-refractivity contribution is -0.121. The second-order valence-electron chi connectivity index (χ2n) is 12.7. The van der Waals surface area contributed by atoms with E-state index in [1.165, 1.54) is 0 Å². The van der Waals surface area contributed by atoms with Gasteiger partial charge in [0, 0.05) is 22.3 Å². The third-order valence-corrected chi connectivity index (χ3v) is 9.11. The van der Waals surface area contributed by atoms with Crippen LogP contribution in [-0.2, 0) is 16.0 Å². The minimum atomic E-state index is -0.507. The molecule has 0 radical (unpaired) electrons. The van der Waals surface area contributed by atoms with Crippen molar-refractivity contribution in [2.24, 2.45) is 11.3 Å². The number of carbonyl (C=O) groups excluding carboxylic acids is 2. The summed E-state index contributed by atoms with van der Waals surface area (Å²) >= 11 is 6.17. The zero-order chi connectivity index (χ0) is 31.7. The van der Waals surface area contributed by atoms with Gasteiger partial charge in [0.1, 0.15) is 0 Å². The average Bonchev–Trinajstić information content (AvgIpc) is 3.03. The summed E-state index contributed by atoms with van der Waals surface area (Å²) in [4.78, 5) is 34.5. The smallest absolute Gasteiger partial charge is 0.339 e. The van der Waals surface area contributed by atoms with Crippen molar-refractivity contribution in [3.05, 3.63) is 118 Å². The normalized spacial score (nSPS) is 15.7. The van der Waals surface area contributed by atoms with E-state index in [1.54, 1.807) is 4.90 Å². The molecule has 5 aromatic rings. The van der Waals surface area contributed by atoms with Crippen molar-refractivity contribution in [3.63, 3.8) is 0 Å². The first-order chi connectivity index (χ1) is 21.6. The van der Waals surface area contributed by atoms with Crippen molar-refractivity contribution >= 4 is 62.5 Å². The number of nitrogens with zero attached hydrogens (tertiary/aromatic N) is 2. The van der Waals surface area contributed by atoms with Gasteiger partial charge < -0.3 is 9.64 Å². The Balaban J connectivity index is 1.38. The number of allylic oxidation sites excluding steroid dienone is 1. The molecule has 228 valence electrons. The fraction of sp³-hybridized carbons (Fsp3) is 0.256. The van der Waals surface area contributed by atoms with E-state index in [9.17, 15) is 9.59 Å². The zero-order valence-electron chi connectivity index (χ0n) is 26.1. The van der Waals surface area contributed by atoms with E-state index >= 15 is 0 Å². The minimum absolute atomic E-state index is 0.0142. The van der Waals surface area contributed by atoms with Gasteiger partial charge in [0.2, 0.25) is 0 Å². The molecule has 1 aromatic heterocycles. The lowest BCUT2D eigenvalue weighted by Crippen LogP contribution is -2.35. The van der Waals surface area contributed by atoms with Crippen LogP contribution >= 0.6 is 11.6 Å². The molecule has 0 bridgehead atoms. The van der Waals surface area contributed by atoms with Crippen LogP contribution in [0.3, 0.4) is 0 Å². The number of anilines is 1. The SMILES string of the molecule is CCN(C(=O)COC(=O)c1c2c(nc3ccccc13)/C(=C\c1ccc(Cl)cc1)C[C@H](C(C)(C)C)C2)c1cccc2ccccc12. The van der Waals surface area contributed by atoms with Crippen LogP contribution in [0.25, 0.3) is 33.3 Å². The van der Waals surface area contributed by atoms with Crippen molar-refractivity contribution in [3.8, 4) is 0 Å². The summed E-state index contributed by atoms with van der Waals surface area (Å²) in [6, 6.07) is 29.3. The number of amides is 1. The van der Waals surface area contributed by atoms with Gasteiger partial charge >= 0.3 is 5.97 Å². The van der Waals surface area contributed by atoms with E-state index in [2.05, 4.69) is 26.8 Å². The van der Waals surface area contributed by atoms with Crippen molar-refractivity contribution in [1.82, 2.24) is 4.98 Å². The maximum absolute atomic E-state index is 14.1. The highest BCUT2D eigenvalue weighted by atomic mass is 35.5. The number of fused-ring (bicyclic) bond motifs is 3. The highest BCUT2D eigenvalue weighted by Crippen LogP contribution is 2.45. The molecule has 0 N–H and O–H groups in total. The molecule has 0 spiro atoms. The molecule has 4 aromatic carbocycles. The van der Waals surface area contributed by atoms with Crippen LogP contribution in [0.15, 0.2) is 91.0 Å². The predicted octanol–water partition coefficient (Wildman–Crippen LogP) is 9.40. The summed E-state index contributed by atoms with van der Waals surface area (Å²) in [5, 5.41) is 3.43. The Morgan fingerprint density at radius 1 is 0.911 bits per heavy atom. The molecule has 45 heavy (non-hydrogen) atoms. The van der Waals surface area contributed by atoms with Gasteiger partial charge in [-0.2, -0.15) is 0 Å². The molecule has 1 amide bonds. The van der Waals surface area contributed by atoms with Gasteiger partial charge in [-0.3, -0.25) is 4.79 Å². The van der Waals surface area contributed by atoms with E-state index in [0.29, 0.717) is 23.6 Å². The number of rotatable bonds is 6. The highest BCUT2D eigenvalue weighted by molar-refractivity contribution is 6.30. The Morgan fingerprint density at radius 3 is 2.33 bits per heavy atom. The number of esters is 1. The number of hydrogen-bond donors (Lipinski definition) is 0. The van der Waals surface area contributed by atoms with E-state index < -0.39 is 5.97 Å². The first kappa shape index (κ1) is 30.5. The van der Waals surface area contributed by atoms with Gasteiger partial charge in [-0.1, -0.05) is 99.1 Å². The molecular formula is C39H37ClN2O3. The third kappa shape index (κ3) is 6.23. The van der Waals surface area contributed by atoms with Crippen LogP contribution in [0.4, 0.5) is 5.69 Å². The summed E-state index contributed by atoms with van der Waals surface area (Å²) in [7, 11) is 0. The monoisotopic (exact) mass is 616 g/mol. The summed E-state index contributed by atoms with van der Waals surface area (Å²) in [6.07, 6.45) is 3.66. The molecule has 1 heterocycles. The van der Waals surface area contributed by atoms with Gasteiger partial charge in [-0.25, -0.2) is 9.78 Å². The maximum Gasteiger partial charge on any atom is 0.339 e. The van der Waals surface area contributed by atoms with Crippen molar-refractivity contribution in [2.45, 2.75) is 40.5 Å². The molecule has 6 heteroatoms. The Bertz CT molecular complexity index is 1930. The number of para-hydroxylation sites is 1. The van der Waals surface area contributed by atoms with Gasteiger partial charge in [-0.15, -0.1) is 0 Å². The van der Waals surface area contributed by atoms with Gasteiger partial charge in [-0.05, 0) is 83.5 Å². The van der Waals surface area contributed by atoms with Gasteiger partial charge in [0.15, 0.2) is 6.61 Å². The third-order valence-electron chi connectivity index (χ3n) is 8.86. The molecule has 6 rings (SSSR count). The Hall–Kier alpha value is -4.48. The molecule has 0 unspecified atom stereocenters. The number of aromatic nitrogens is 1. The Labute approximate surface area is 269 Å². The fourth-order valence-corrected chi connectivity index (χ4v) is 6.46. The molecule has 0 aliphatic heterocycles. The molecule has 1 atom stereocenters. The first-order valence-electron chi connectivity index (χ1n) is 15.5. The van der Waals surface area contributed by atoms with Crippen LogP contribution in [-0.4, -0.2) is 30.0 Å². The number of ether oxygens (including phenoxy) is 1. The number of hydrogen-bond acceptors (Lipinski definition) is 4. The van der Waals surface area contributed by atoms with E-state index in [4.69, 9.17) is 21.3 Å². The lowest BCUT2D eigenvalue weighted by atomic mass is 9.69. The second-order valence-corrected chi connectivity index (χ2v) is 13.2. The van der Waals surface area contributed by atoms with Crippen molar-refractivity contribution < 1.29 is 14.3 Å². The van der Waals surface area contributed by atoms with Crippen LogP contribution in [0.5, 0.6) is 0 Å². The van der Waals surface area contributed by atoms with Crippen molar-refractivity contribution in [1.29, 1.82) is 0 Å². The van der Waals surface area contributed by atoms with E-state index in [0.717, 1.165) is 56.2 Å². The highest BCUT2D eigenvalue weighted by Gasteiger charge is 2.35. The first-order valence-corrected chi connectivity index (χ1v) is 15.8. The maximum atomic E-state index is 14.1. The van der Waals surface area contributed by atoms with Crippen molar-refractivity contribution in [2.75, 3.05) is 18.1 Å². The molecule has 0 saturated heterocycles. The standard InChI is InChI=1S/C39H37ClN2O3/c1-5-42(34-16-10-12-26-11-6-7-13-30(26)34)35(43)24-45-38(44)36-31-14-8-9-15-33(31)41-37-27(21-25-17-19-29(40)20-18-25)22-28(23-32(36)37)39(2,3)4/h6-21,28H,5,22-24H2,1-4H3/b27-21-/t28-/m0/s1. The van der Waals surface area contributed by atoms with Crippen LogP contribution in [0.1, 0.15) is 61.3 Å². The molecule has 1 aliphatic carbocycles. The average molecular weight is 617 g/mol. The number of benzene rings is 4. The molecular weight excluding hydrogens is 580 g/mol. The largest absolute Gasteiger partial charge is 0.452 e. The summed E-state index contributed by atoms with van der Waals surface area (Å²) < 4.78 is 5.88. The second kappa shape index (κ2) is 12.5. The number of halogens is 1. The summed E-state index contributed by atoms with van der Waals surface area (Å²) in [6.45, 7) is 8.72. The number of pyridine rings is 1. The molecule has 5 nitrogen and oxygen atoms in total. The summed E-state index contributed by atoms with van der Waals surface area (Å²) in [5.74, 6) is -0.514. The van der Waals surface area contributed by atoms with E-state index in [1.807, 2.05) is 97.9 Å². The molecule has 0 fully saturated rings. The van der Waals surface area contributed by atoms with Crippen LogP contribution in [0, 0.1) is 11.3 Å².